The van der Waals surface area contributed by atoms with Crippen LogP contribution in [0.15, 0.2) is 29.1 Å². The normalized spacial score (nSPS) is 17.9. The number of morpholine rings is 1. The molecule has 0 saturated carbocycles. The average molecular weight is 345 g/mol. The maximum atomic E-state index is 13.0. The van der Waals surface area contributed by atoms with E-state index in [4.69, 9.17) is 4.74 Å². The number of ether oxygens (including phenoxy) is 1. The molecule has 0 spiro atoms. The Balaban J connectivity index is 2.17. The number of aliphatic carboxylic acids is 1. The van der Waals surface area contributed by atoms with Gasteiger partial charge in [-0.1, -0.05) is 18.2 Å². The monoisotopic (exact) mass is 345 g/mol. The third-order valence-corrected chi connectivity index (χ3v) is 4.19. The predicted octanol–water partition coefficient (Wildman–Crippen LogP) is 0.903. The lowest BCUT2D eigenvalue weighted by Crippen LogP contribution is -2.53. The molecule has 1 fully saturated rings. The van der Waals surface area contributed by atoms with Gasteiger partial charge in [-0.15, -0.1) is 0 Å². The van der Waals surface area contributed by atoms with Crippen molar-refractivity contribution in [3.8, 4) is 0 Å². The van der Waals surface area contributed by atoms with E-state index < -0.39 is 17.9 Å². The van der Waals surface area contributed by atoms with Crippen molar-refractivity contribution in [2.24, 2.45) is 0 Å². The number of nitrogens with zero attached hydrogens (tertiary/aromatic N) is 3. The SMILES string of the molecule is CC(C)n1nc(C(=O)N2CCOC[C@@H]2C(=O)O)c2ccccc2c1=O. The molecule has 0 radical (unpaired) electrons. The number of carboxylic acids is 1. The zero-order valence-corrected chi connectivity index (χ0v) is 14.0. The lowest BCUT2D eigenvalue weighted by molar-refractivity contribution is -0.147. The van der Waals surface area contributed by atoms with E-state index >= 15 is 0 Å². The van der Waals surface area contributed by atoms with E-state index in [1.165, 1.54) is 9.58 Å². The van der Waals surface area contributed by atoms with Gasteiger partial charge in [-0.05, 0) is 19.9 Å². The Hall–Kier alpha value is -2.74. The molecule has 2 heterocycles. The minimum Gasteiger partial charge on any atom is -0.480 e. The van der Waals surface area contributed by atoms with Crippen LogP contribution in [0.5, 0.6) is 0 Å². The molecule has 1 aliphatic rings. The molecule has 1 amide bonds. The zero-order valence-electron chi connectivity index (χ0n) is 14.0. The summed E-state index contributed by atoms with van der Waals surface area (Å²) in [5.74, 6) is -1.64. The number of amides is 1. The number of rotatable bonds is 3. The summed E-state index contributed by atoms with van der Waals surface area (Å²) in [4.78, 5) is 38.3. The molecule has 8 nitrogen and oxygen atoms in total. The van der Waals surface area contributed by atoms with Crippen LogP contribution in [0.25, 0.3) is 10.8 Å². The number of carboxylic acid groups (broad SMARTS) is 1. The molecule has 0 unspecified atom stereocenters. The first-order valence-electron chi connectivity index (χ1n) is 8.05. The molecule has 2 aromatic rings. The van der Waals surface area contributed by atoms with Gasteiger partial charge in [0.25, 0.3) is 11.5 Å². The highest BCUT2D eigenvalue weighted by molar-refractivity contribution is 6.05. The lowest BCUT2D eigenvalue weighted by atomic mass is 10.1. The second kappa shape index (κ2) is 6.64. The Morgan fingerprint density at radius 3 is 2.60 bits per heavy atom. The molecule has 1 aromatic heterocycles. The number of fused-ring (bicyclic) bond motifs is 1. The molecule has 1 atom stereocenters. The highest BCUT2D eigenvalue weighted by Gasteiger charge is 2.35. The summed E-state index contributed by atoms with van der Waals surface area (Å²) >= 11 is 0. The van der Waals surface area contributed by atoms with Crippen molar-refractivity contribution in [3.05, 3.63) is 40.3 Å². The smallest absolute Gasteiger partial charge is 0.328 e. The van der Waals surface area contributed by atoms with Crippen LogP contribution in [0.1, 0.15) is 30.4 Å². The van der Waals surface area contributed by atoms with Gasteiger partial charge in [0.2, 0.25) is 0 Å². The predicted molar refractivity (Wildman–Crippen MR) is 89.7 cm³/mol. The van der Waals surface area contributed by atoms with Crippen molar-refractivity contribution in [2.45, 2.75) is 25.9 Å². The number of hydrogen-bond acceptors (Lipinski definition) is 5. The first-order valence-corrected chi connectivity index (χ1v) is 8.05. The van der Waals surface area contributed by atoms with Crippen LogP contribution < -0.4 is 5.56 Å². The topological polar surface area (TPSA) is 102 Å². The summed E-state index contributed by atoms with van der Waals surface area (Å²) in [6.45, 7) is 3.95. The highest BCUT2D eigenvalue weighted by Crippen LogP contribution is 2.19. The van der Waals surface area contributed by atoms with E-state index in [0.717, 1.165) is 0 Å². The van der Waals surface area contributed by atoms with E-state index in [1.807, 2.05) is 0 Å². The fourth-order valence-corrected chi connectivity index (χ4v) is 2.90. The van der Waals surface area contributed by atoms with E-state index in [0.29, 0.717) is 10.8 Å². The summed E-state index contributed by atoms with van der Waals surface area (Å²) < 4.78 is 6.43. The van der Waals surface area contributed by atoms with Crippen LogP contribution in [0, 0.1) is 0 Å². The quantitative estimate of drug-likeness (QED) is 0.887. The van der Waals surface area contributed by atoms with Crippen LogP contribution in [0.4, 0.5) is 0 Å². The minimum atomic E-state index is -1.13. The molecule has 0 aliphatic carbocycles. The molecule has 1 saturated heterocycles. The number of carbonyl (C=O) groups is 2. The minimum absolute atomic E-state index is 0.0666. The Kier molecular flexibility index (Phi) is 4.54. The summed E-state index contributed by atoms with van der Waals surface area (Å²) in [7, 11) is 0. The van der Waals surface area contributed by atoms with Gasteiger partial charge in [-0.3, -0.25) is 9.59 Å². The molecule has 3 rings (SSSR count). The third-order valence-electron chi connectivity index (χ3n) is 4.19. The van der Waals surface area contributed by atoms with Crippen LogP contribution in [0.3, 0.4) is 0 Å². The standard InChI is InChI=1S/C17H19N3O5/c1-10(2)20-15(21)12-6-4-3-5-11(12)14(18-20)16(22)19-7-8-25-9-13(19)17(23)24/h3-6,10,13H,7-9H2,1-2H3,(H,23,24)/t13-/m1/s1. The molecule has 0 bridgehead atoms. The molecular formula is C17H19N3O5. The number of hydrogen-bond donors (Lipinski definition) is 1. The molecule has 132 valence electrons. The molecular weight excluding hydrogens is 326 g/mol. The summed E-state index contributed by atoms with van der Waals surface area (Å²) in [5.41, 5.74) is -0.198. The second-order valence-electron chi connectivity index (χ2n) is 6.17. The van der Waals surface area contributed by atoms with Gasteiger partial charge in [0, 0.05) is 11.9 Å². The molecule has 1 N–H and O–H groups in total. The Labute approximate surface area is 143 Å². The van der Waals surface area contributed by atoms with Gasteiger partial charge in [0.1, 0.15) is 0 Å². The average Bonchev–Trinajstić information content (AvgIpc) is 2.61. The highest BCUT2D eigenvalue weighted by atomic mass is 16.5. The number of aromatic nitrogens is 2. The number of carbonyl (C=O) groups excluding carboxylic acids is 1. The molecule has 8 heteroatoms. The van der Waals surface area contributed by atoms with Crippen LogP contribution in [-0.4, -0.2) is 57.5 Å². The molecule has 1 aliphatic heterocycles. The summed E-state index contributed by atoms with van der Waals surface area (Å²) in [5, 5.41) is 14.4. The summed E-state index contributed by atoms with van der Waals surface area (Å²) in [6, 6.07) is 5.43. The second-order valence-corrected chi connectivity index (χ2v) is 6.17. The van der Waals surface area contributed by atoms with Crippen molar-refractivity contribution in [3.63, 3.8) is 0 Å². The largest absolute Gasteiger partial charge is 0.480 e. The van der Waals surface area contributed by atoms with Gasteiger partial charge in [-0.2, -0.15) is 5.10 Å². The number of benzene rings is 1. The van der Waals surface area contributed by atoms with Gasteiger partial charge in [0.15, 0.2) is 11.7 Å². The third kappa shape index (κ3) is 3.00. The first kappa shape index (κ1) is 17.1. The first-order chi connectivity index (χ1) is 11.9. The van der Waals surface area contributed by atoms with Crippen LogP contribution in [-0.2, 0) is 9.53 Å². The zero-order chi connectivity index (χ0) is 18.1. The summed E-state index contributed by atoms with van der Waals surface area (Å²) in [6.07, 6.45) is 0. The van der Waals surface area contributed by atoms with E-state index in [2.05, 4.69) is 5.10 Å². The van der Waals surface area contributed by atoms with E-state index in [9.17, 15) is 19.5 Å². The lowest BCUT2D eigenvalue weighted by Gasteiger charge is -2.32. The molecule has 1 aromatic carbocycles. The van der Waals surface area contributed by atoms with E-state index in [-0.39, 0.29) is 37.1 Å². The van der Waals surface area contributed by atoms with Gasteiger partial charge >= 0.3 is 5.97 Å². The fourth-order valence-electron chi connectivity index (χ4n) is 2.90. The fraction of sp³-hybridized carbons (Fsp3) is 0.412. The molecule has 25 heavy (non-hydrogen) atoms. The Morgan fingerprint density at radius 1 is 1.28 bits per heavy atom. The van der Waals surface area contributed by atoms with Crippen molar-refractivity contribution >= 4 is 22.6 Å². The Bertz CT molecular complexity index is 889. The van der Waals surface area contributed by atoms with Gasteiger partial charge < -0.3 is 14.7 Å². The van der Waals surface area contributed by atoms with E-state index in [1.54, 1.807) is 38.1 Å². The van der Waals surface area contributed by atoms with Crippen LogP contribution >= 0.6 is 0 Å². The van der Waals surface area contributed by atoms with Gasteiger partial charge in [0.05, 0.1) is 24.6 Å². The maximum Gasteiger partial charge on any atom is 0.328 e. The van der Waals surface area contributed by atoms with Crippen molar-refractivity contribution in [1.82, 2.24) is 14.7 Å². The van der Waals surface area contributed by atoms with Crippen molar-refractivity contribution < 1.29 is 19.4 Å². The van der Waals surface area contributed by atoms with Crippen molar-refractivity contribution in [1.29, 1.82) is 0 Å². The maximum absolute atomic E-state index is 13.0. The van der Waals surface area contributed by atoms with Crippen LogP contribution in [0.2, 0.25) is 0 Å². The van der Waals surface area contributed by atoms with Crippen molar-refractivity contribution in [2.75, 3.05) is 19.8 Å². The van der Waals surface area contributed by atoms with Gasteiger partial charge in [-0.25, -0.2) is 9.48 Å². The Morgan fingerprint density at radius 2 is 1.96 bits per heavy atom.